The highest BCUT2D eigenvalue weighted by atomic mass is 16.1. The molecule has 5 nitrogen and oxygen atoms in total. The predicted molar refractivity (Wildman–Crippen MR) is 108 cm³/mol. The lowest BCUT2D eigenvalue weighted by atomic mass is 10.1. The summed E-state index contributed by atoms with van der Waals surface area (Å²) in [6, 6.07) is 18.3. The number of hydrogen-bond donors (Lipinski definition) is 2. The Kier molecular flexibility index (Phi) is 5.49. The fourth-order valence-electron chi connectivity index (χ4n) is 3.80. The van der Waals surface area contributed by atoms with Crippen LogP contribution in [0.15, 0.2) is 54.6 Å². The number of para-hydroxylation sites is 3. The van der Waals surface area contributed by atoms with Crippen LogP contribution >= 0.6 is 0 Å². The number of amides is 1. The quantitative estimate of drug-likeness (QED) is 0.679. The molecule has 2 N–H and O–H groups in total. The molecule has 140 valence electrons. The molecule has 1 atom stereocenters. The predicted octanol–water partition coefficient (Wildman–Crippen LogP) is 3.07. The molecule has 1 aliphatic rings. The molecule has 0 spiro atoms. The van der Waals surface area contributed by atoms with E-state index in [0.29, 0.717) is 18.8 Å². The Morgan fingerprint density at radius 2 is 1.96 bits per heavy atom. The van der Waals surface area contributed by atoms with E-state index in [0.717, 1.165) is 48.6 Å². The number of nitrogens with zero attached hydrogens (tertiary/aromatic N) is 2. The molecule has 5 heteroatoms. The second kappa shape index (κ2) is 8.35. The van der Waals surface area contributed by atoms with Crippen LogP contribution in [0.25, 0.3) is 16.7 Å². The van der Waals surface area contributed by atoms with E-state index in [1.165, 1.54) is 6.42 Å². The maximum Gasteiger partial charge on any atom is 0.220 e. The van der Waals surface area contributed by atoms with Crippen LogP contribution in [0, 0.1) is 5.92 Å². The first-order chi connectivity index (χ1) is 13.3. The van der Waals surface area contributed by atoms with Gasteiger partial charge >= 0.3 is 0 Å². The highest BCUT2D eigenvalue weighted by Crippen LogP contribution is 2.22. The molecular formula is C22H26N4O. The zero-order chi connectivity index (χ0) is 18.5. The van der Waals surface area contributed by atoms with Crippen molar-refractivity contribution in [2.24, 2.45) is 5.92 Å². The first kappa shape index (κ1) is 17.7. The molecule has 3 aromatic rings. The number of carbonyl (C=O) groups is 1. The Bertz CT molecular complexity index is 897. The van der Waals surface area contributed by atoms with E-state index in [2.05, 4.69) is 33.4 Å². The largest absolute Gasteiger partial charge is 0.356 e. The van der Waals surface area contributed by atoms with Crippen molar-refractivity contribution in [2.45, 2.75) is 25.7 Å². The van der Waals surface area contributed by atoms with Gasteiger partial charge in [-0.05, 0) is 56.1 Å². The lowest BCUT2D eigenvalue weighted by molar-refractivity contribution is -0.121. The van der Waals surface area contributed by atoms with Gasteiger partial charge in [0.15, 0.2) is 0 Å². The third-order valence-corrected chi connectivity index (χ3v) is 5.26. The van der Waals surface area contributed by atoms with Crippen LogP contribution in [0.2, 0.25) is 0 Å². The summed E-state index contributed by atoms with van der Waals surface area (Å²) >= 11 is 0. The van der Waals surface area contributed by atoms with Gasteiger partial charge in [-0.3, -0.25) is 9.36 Å². The number of carbonyl (C=O) groups excluding carboxylic acids is 1. The zero-order valence-corrected chi connectivity index (χ0v) is 15.5. The molecule has 1 fully saturated rings. The van der Waals surface area contributed by atoms with Crippen LogP contribution < -0.4 is 10.6 Å². The van der Waals surface area contributed by atoms with Crippen LogP contribution in [0.1, 0.15) is 25.1 Å². The molecule has 0 saturated carbocycles. The van der Waals surface area contributed by atoms with Crippen molar-refractivity contribution in [1.82, 2.24) is 20.2 Å². The smallest absolute Gasteiger partial charge is 0.220 e. The molecule has 2 aromatic carbocycles. The van der Waals surface area contributed by atoms with E-state index in [9.17, 15) is 4.79 Å². The van der Waals surface area contributed by atoms with Gasteiger partial charge in [0.05, 0.1) is 11.0 Å². The molecule has 1 aliphatic heterocycles. The SMILES string of the molecule is O=C(CCc1nc2ccccc2n1-c1ccccc1)NCCC1CCNC1. The first-order valence-electron chi connectivity index (χ1n) is 9.80. The Labute approximate surface area is 159 Å². The van der Waals surface area contributed by atoms with Gasteiger partial charge in [0.2, 0.25) is 5.91 Å². The van der Waals surface area contributed by atoms with Crippen LogP contribution in [0.4, 0.5) is 0 Å². The van der Waals surface area contributed by atoms with E-state index < -0.39 is 0 Å². The summed E-state index contributed by atoms with van der Waals surface area (Å²) in [5.74, 6) is 1.73. The highest BCUT2D eigenvalue weighted by Gasteiger charge is 2.15. The summed E-state index contributed by atoms with van der Waals surface area (Å²) < 4.78 is 2.16. The van der Waals surface area contributed by atoms with Crippen molar-refractivity contribution in [1.29, 1.82) is 0 Å². The van der Waals surface area contributed by atoms with Crippen LogP contribution in [-0.2, 0) is 11.2 Å². The standard InChI is InChI=1S/C22H26N4O/c27-22(24-15-13-17-12-14-23-16-17)11-10-21-25-19-8-4-5-9-20(19)26(21)18-6-2-1-3-7-18/h1-9,17,23H,10-16H2,(H,24,27). The van der Waals surface area contributed by atoms with Gasteiger partial charge in [-0.25, -0.2) is 4.98 Å². The monoisotopic (exact) mass is 362 g/mol. The average molecular weight is 362 g/mol. The highest BCUT2D eigenvalue weighted by molar-refractivity contribution is 5.79. The summed E-state index contributed by atoms with van der Waals surface area (Å²) in [4.78, 5) is 17.1. The van der Waals surface area contributed by atoms with Gasteiger partial charge in [0.1, 0.15) is 5.82 Å². The van der Waals surface area contributed by atoms with Crippen molar-refractivity contribution in [2.75, 3.05) is 19.6 Å². The van der Waals surface area contributed by atoms with Crippen molar-refractivity contribution in [3.63, 3.8) is 0 Å². The van der Waals surface area contributed by atoms with Crippen molar-refractivity contribution >= 4 is 16.9 Å². The fourth-order valence-corrected chi connectivity index (χ4v) is 3.80. The molecule has 1 unspecified atom stereocenters. The average Bonchev–Trinajstić information content (AvgIpc) is 3.34. The van der Waals surface area contributed by atoms with Gasteiger partial charge in [-0.1, -0.05) is 30.3 Å². The maximum atomic E-state index is 12.3. The molecular weight excluding hydrogens is 336 g/mol. The Morgan fingerprint density at radius 1 is 1.15 bits per heavy atom. The van der Waals surface area contributed by atoms with Gasteiger partial charge in [0, 0.05) is 25.1 Å². The molecule has 4 rings (SSSR count). The number of imidazole rings is 1. The Morgan fingerprint density at radius 3 is 2.78 bits per heavy atom. The summed E-state index contributed by atoms with van der Waals surface area (Å²) in [6.07, 6.45) is 3.36. The molecule has 0 radical (unpaired) electrons. The van der Waals surface area contributed by atoms with Crippen LogP contribution in [0.3, 0.4) is 0 Å². The van der Waals surface area contributed by atoms with E-state index in [1.54, 1.807) is 0 Å². The Hall–Kier alpha value is -2.66. The summed E-state index contributed by atoms with van der Waals surface area (Å²) in [7, 11) is 0. The summed E-state index contributed by atoms with van der Waals surface area (Å²) in [5, 5.41) is 6.44. The third kappa shape index (κ3) is 4.19. The lowest BCUT2D eigenvalue weighted by Crippen LogP contribution is -2.26. The molecule has 2 heterocycles. The fraction of sp³-hybridized carbons (Fsp3) is 0.364. The number of fused-ring (bicyclic) bond motifs is 1. The van der Waals surface area contributed by atoms with E-state index >= 15 is 0 Å². The van der Waals surface area contributed by atoms with Crippen molar-refractivity contribution < 1.29 is 4.79 Å². The zero-order valence-electron chi connectivity index (χ0n) is 15.5. The van der Waals surface area contributed by atoms with Gasteiger partial charge in [0.25, 0.3) is 0 Å². The van der Waals surface area contributed by atoms with E-state index in [4.69, 9.17) is 4.98 Å². The molecule has 0 aliphatic carbocycles. The minimum atomic E-state index is 0.104. The van der Waals surface area contributed by atoms with Gasteiger partial charge in [-0.2, -0.15) is 0 Å². The summed E-state index contributed by atoms with van der Waals surface area (Å²) in [5.41, 5.74) is 3.12. The Balaban J connectivity index is 1.43. The molecule has 1 aromatic heterocycles. The molecule has 0 bridgehead atoms. The van der Waals surface area contributed by atoms with Gasteiger partial charge in [-0.15, -0.1) is 0 Å². The van der Waals surface area contributed by atoms with Crippen molar-refractivity contribution in [3.8, 4) is 5.69 Å². The minimum absolute atomic E-state index is 0.104. The van der Waals surface area contributed by atoms with E-state index in [1.807, 2.05) is 36.4 Å². The molecule has 1 amide bonds. The summed E-state index contributed by atoms with van der Waals surface area (Å²) in [6.45, 7) is 2.95. The molecule has 1 saturated heterocycles. The minimum Gasteiger partial charge on any atom is -0.356 e. The number of benzene rings is 2. The van der Waals surface area contributed by atoms with E-state index in [-0.39, 0.29) is 5.91 Å². The molecule has 27 heavy (non-hydrogen) atoms. The van der Waals surface area contributed by atoms with Crippen LogP contribution in [-0.4, -0.2) is 35.1 Å². The number of aryl methyl sites for hydroxylation is 1. The second-order valence-electron chi connectivity index (χ2n) is 7.19. The lowest BCUT2D eigenvalue weighted by Gasteiger charge is -2.11. The number of hydrogen-bond acceptors (Lipinski definition) is 3. The first-order valence-corrected chi connectivity index (χ1v) is 9.80. The van der Waals surface area contributed by atoms with Crippen LogP contribution in [0.5, 0.6) is 0 Å². The topological polar surface area (TPSA) is 59.0 Å². The third-order valence-electron chi connectivity index (χ3n) is 5.26. The normalized spacial score (nSPS) is 16.7. The maximum absolute atomic E-state index is 12.3. The second-order valence-corrected chi connectivity index (χ2v) is 7.19. The van der Waals surface area contributed by atoms with Crippen molar-refractivity contribution in [3.05, 3.63) is 60.4 Å². The number of aromatic nitrogens is 2. The number of nitrogens with one attached hydrogen (secondary N) is 2. The number of rotatable bonds is 7. The van der Waals surface area contributed by atoms with Gasteiger partial charge < -0.3 is 10.6 Å².